The Labute approximate surface area is 126 Å². The average molecular weight is 300 g/mol. The Kier molecular flexibility index (Phi) is 6.00. The van der Waals surface area contributed by atoms with E-state index >= 15 is 0 Å². The number of benzene rings is 1. The molecular weight excluding hydrogens is 277 g/mol. The number of hydrogen-bond donors (Lipinski definition) is 1. The van der Waals surface area contributed by atoms with E-state index in [-0.39, 0.29) is 0 Å². The highest BCUT2D eigenvalue weighted by Gasteiger charge is 2.20. The first kappa shape index (κ1) is 15.2. The molecule has 1 aliphatic rings. The molecule has 0 saturated heterocycles. The van der Waals surface area contributed by atoms with Crippen molar-refractivity contribution >= 4 is 23.2 Å². The van der Waals surface area contributed by atoms with E-state index < -0.39 is 0 Å². The van der Waals surface area contributed by atoms with Gasteiger partial charge < -0.3 is 5.32 Å². The molecule has 1 aromatic rings. The summed E-state index contributed by atoms with van der Waals surface area (Å²) in [5.41, 5.74) is 1.16. The lowest BCUT2D eigenvalue weighted by molar-refractivity contribution is 0.390. The van der Waals surface area contributed by atoms with Crippen molar-refractivity contribution in [2.24, 2.45) is 5.92 Å². The Morgan fingerprint density at radius 3 is 2.68 bits per heavy atom. The predicted octanol–water partition coefficient (Wildman–Crippen LogP) is 5.09. The van der Waals surface area contributed by atoms with Gasteiger partial charge in [0.25, 0.3) is 0 Å². The molecule has 0 heterocycles. The molecule has 0 aliphatic heterocycles. The van der Waals surface area contributed by atoms with E-state index in [0.29, 0.717) is 6.04 Å². The Balaban J connectivity index is 2.00. The minimum atomic E-state index is 0.518. The van der Waals surface area contributed by atoms with Crippen LogP contribution in [0.5, 0.6) is 0 Å². The maximum atomic E-state index is 6.27. The average Bonchev–Trinajstić information content (AvgIpc) is 2.87. The number of likely N-dealkylation sites (N-methyl/N-ethyl adjacent to an activating group) is 1. The normalized spacial score (nSPS) is 17.8. The molecule has 1 unspecified atom stereocenters. The van der Waals surface area contributed by atoms with Gasteiger partial charge in [0.2, 0.25) is 0 Å². The first-order valence-corrected chi connectivity index (χ1v) is 8.12. The summed E-state index contributed by atoms with van der Waals surface area (Å²) < 4.78 is 0. The highest BCUT2D eigenvalue weighted by atomic mass is 35.5. The lowest BCUT2D eigenvalue weighted by atomic mass is 9.94. The third kappa shape index (κ3) is 4.66. The van der Waals surface area contributed by atoms with Crippen molar-refractivity contribution in [1.29, 1.82) is 0 Å². The van der Waals surface area contributed by atoms with Crippen LogP contribution in [0.15, 0.2) is 18.2 Å². The molecule has 1 saturated carbocycles. The van der Waals surface area contributed by atoms with Crippen LogP contribution in [0, 0.1) is 5.92 Å². The monoisotopic (exact) mass is 299 g/mol. The molecular formula is C16H23Cl2N. The molecule has 0 aromatic heterocycles. The fraction of sp³-hybridized carbons (Fsp3) is 0.625. The van der Waals surface area contributed by atoms with Gasteiger partial charge in [0.05, 0.1) is 0 Å². The Morgan fingerprint density at radius 2 is 2.00 bits per heavy atom. The molecule has 1 N–H and O–H groups in total. The number of nitrogens with one attached hydrogen (secondary N) is 1. The van der Waals surface area contributed by atoms with Crippen LogP contribution < -0.4 is 5.32 Å². The van der Waals surface area contributed by atoms with E-state index in [1.54, 1.807) is 0 Å². The minimum absolute atomic E-state index is 0.518. The topological polar surface area (TPSA) is 12.0 Å². The molecule has 0 amide bonds. The second-order valence-corrected chi connectivity index (χ2v) is 6.42. The summed E-state index contributed by atoms with van der Waals surface area (Å²) in [6.45, 7) is 3.18. The van der Waals surface area contributed by atoms with Gasteiger partial charge >= 0.3 is 0 Å². The molecule has 1 nitrogen and oxygen atoms in total. The zero-order chi connectivity index (χ0) is 13.7. The molecule has 1 aliphatic carbocycles. The van der Waals surface area contributed by atoms with Gasteiger partial charge in [0.15, 0.2) is 0 Å². The van der Waals surface area contributed by atoms with Crippen molar-refractivity contribution < 1.29 is 0 Å². The Morgan fingerprint density at radius 1 is 1.26 bits per heavy atom. The van der Waals surface area contributed by atoms with Crippen molar-refractivity contribution in [2.75, 3.05) is 6.54 Å². The maximum Gasteiger partial charge on any atom is 0.0439 e. The van der Waals surface area contributed by atoms with Gasteiger partial charge in [0.1, 0.15) is 0 Å². The molecule has 0 spiro atoms. The van der Waals surface area contributed by atoms with Crippen LogP contribution in [0.25, 0.3) is 0 Å². The van der Waals surface area contributed by atoms with Crippen molar-refractivity contribution in [3.05, 3.63) is 33.8 Å². The van der Waals surface area contributed by atoms with Crippen LogP contribution in [0.2, 0.25) is 10.0 Å². The number of rotatable bonds is 6. The van der Waals surface area contributed by atoms with Gasteiger partial charge in [0, 0.05) is 16.1 Å². The second-order valence-electron chi connectivity index (χ2n) is 5.58. The fourth-order valence-corrected chi connectivity index (χ4v) is 3.53. The zero-order valence-electron chi connectivity index (χ0n) is 11.6. The molecule has 2 rings (SSSR count). The summed E-state index contributed by atoms with van der Waals surface area (Å²) in [6.07, 6.45) is 7.83. The summed E-state index contributed by atoms with van der Waals surface area (Å²) in [6, 6.07) is 6.27. The summed E-state index contributed by atoms with van der Waals surface area (Å²) >= 11 is 12.3. The first-order valence-electron chi connectivity index (χ1n) is 7.36. The van der Waals surface area contributed by atoms with E-state index in [1.807, 2.05) is 18.2 Å². The minimum Gasteiger partial charge on any atom is -0.314 e. The molecule has 0 radical (unpaired) electrons. The lowest BCUT2D eigenvalue weighted by Gasteiger charge is -2.22. The van der Waals surface area contributed by atoms with Crippen molar-refractivity contribution in [1.82, 2.24) is 5.32 Å². The maximum absolute atomic E-state index is 6.27. The third-order valence-corrected chi connectivity index (χ3v) is 4.66. The van der Waals surface area contributed by atoms with Crippen molar-refractivity contribution in [3.8, 4) is 0 Å². The van der Waals surface area contributed by atoms with Crippen LogP contribution >= 0.6 is 23.2 Å². The zero-order valence-corrected chi connectivity index (χ0v) is 13.1. The second kappa shape index (κ2) is 7.52. The summed E-state index contributed by atoms with van der Waals surface area (Å²) in [5, 5.41) is 5.21. The largest absolute Gasteiger partial charge is 0.314 e. The van der Waals surface area contributed by atoms with Crippen LogP contribution in [0.4, 0.5) is 0 Å². The van der Waals surface area contributed by atoms with E-state index in [1.165, 1.54) is 32.1 Å². The van der Waals surface area contributed by atoms with Gasteiger partial charge in [-0.1, -0.05) is 55.8 Å². The highest BCUT2D eigenvalue weighted by Crippen LogP contribution is 2.30. The molecule has 19 heavy (non-hydrogen) atoms. The third-order valence-electron chi connectivity index (χ3n) is 4.06. The summed E-state index contributed by atoms with van der Waals surface area (Å²) in [5.74, 6) is 0.891. The van der Waals surface area contributed by atoms with Crippen LogP contribution in [0.3, 0.4) is 0 Å². The van der Waals surface area contributed by atoms with Crippen molar-refractivity contribution in [2.45, 2.75) is 51.5 Å². The standard InChI is InChI=1S/C16H23Cl2N/c1-2-19-15(9-12-5-3-4-6-12)11-13-10-14(17)7-8-16(13)18/h7-8,10,12,15,19H,2-6,9,11H2,1H3. The Hall–Kier alpha value is -0.240. The molecule has 1 atom stereocenters. The van der Waals surface area contributed by atoms with E-state index in [4.69, 9.17) is 23.2 Å². The lowest BCUT2D eigenvalue weighted by Crippen LogP contribution is -2.32. The first-order chi connectivity index (χ1) is 9.19. The molecule has 3 heteroatoms. The van der Waals surface area contributed by atoms with Gasteiger partial charge in [-0.25, -0.2) is 0 Å². The van der Waals surface area contributed by atoms with Gasteiger partial charge in [-0.3, -0.25) is 0 Å². The Bertz CT molecular complexity index is 400. The van der Waals surface area contributed by atoms with E-state index in [0.717, 1.165) is 34.5 Å². The predicted molar refractivity (Wildman–Crippen MR) is 84.2 cm³/mol. The quantitative estimate of drug-likeness (QED) is 0.771. The molecule has 1 fully saturated rings. The SMILES string of the molecule is CCNC(Cc1cc(Cl)ccc1Cl)CC1CCCC1. The summed E-state index contributed by atoms with van der Waals surface area (Å²) in [4.78, 5) is 0. The molecule has 0 bridgehead atoms. The van der Waals surface area contributed by atoms with E-state index in [9.17, 15) is 0 Å². The molecule has 1 aromatic carbocycles. The molecule has 106 valence electrons. The number of hydrogen-bond acceptors (Lipinski definition) is 1. The fourth-order valence-electron chi connectivity index (χ4n) is 3.14. The van der Waals surface area contributed by atoms with Gasteiger partial charge in [-0.05, 0) is 49.1 Å². The summed E-state index contributed by atoms with van der Waals surface area (Å²) in [7, 11) is 0. The number of halogens is 2. The van der Waals surface area contributed by atoms with Crippen LogP contribution in [0.1, 0.15) is 44.6 Å². The highest BCUT2D eigenvalue weighted by molar-refractivity contribution is 6.33. The van der Waals surface area contributed by atoms with Crippen LogP contribution in [-0.2, 0) is 6.42 Å². The van der Waals surface area contributed by atoms with Gasteiger partial charge in [-0.15, -0.1) is 0 Å². The van der Waals surface area contributed by atoms with Crippen LogP contribution in [-0.4, -0.2) is 12.6 Å². The van der Waals surface area contributed by atoms with Crippen molar-refractivity contribution in [3.63, 3.8) is 0 Å². The smallest absolute Gasteiger partial charge is 0.0439 e. The van der Waals surface area contributed by atoms with E-state index in [2.05, 4.69) is 12.2 Å². The van der Waals surface area contributed by atoms with Gasteiger partial charge in [-0.2, -0.15) is 0 Å².